The number of rotatable bonds is 0. The highest BCUT2D eigenvalue weighted by atomic mass is 16.3. The van der Waals surface area contributed by atoms with Crippen LogP contribution in [0.5, 0.6) is 5.75 Å². The number of aromatic hydroxyl groups is 1. The SMILES string of the molecule is Cc1nc2ccc(O)cn2n1. The Hall–Kier alpha value is -1.58. The third kappa shape index (κ3) is 0.920. The van der Waals surface area contributed by atoms with Crippen LogP contribution >= 0.6 is 0 Å². The minimum absolute atomic E-state index is 0.197. The van der Waals surface area contributed by atoms with Crippen molar-refractivity contribution in [3.8, 4) is 5.75 Å². The first kappa shape index (κ1) is 6.15. The van der Waals surface area contributed by atoms with Crippen LogP contribution < -0.4 is 0 Å². The summed E-state index contributed by atoms with van der Waals surface area (Å²) in [5, 5.41) is 13.1. The molecule has 4 heteroatoms. The minimum Gasteiger partial charge on any atom is -0.506 e. The molecule has 0 fully saturated rings. The van der Waals surface area contributed by atoms with Gasteiger partial charge in [-0.2, -0.15) is 5.10 Å². The highest BCUT2D eigenvalue weighted by Gasteiger charge is 1.97. The van der Waals surface area contributed by atoms with Crippen molar-refractivity contribution in [1.29, 1.82) is 0 Å². The van der Waals surface area contributed by atoms with Gasteiger partial charge in [-0.3, -0.25) is 0 Å². The van der Waals surface area contributed by atoms with Crippen LogP contribution in [0.15, 0.2) is 18.3 Å². The maximum atomic E-state index is 9.05. The van der Waals surface area contributed by atoms with Crippen LogP contribution in [0.4, 0.5) is 0 Å². The molecule has 0 spiro atoms. The number of fused-ring (bicyclic) bond motifs is 1. The predicted octanol–water partition coefficient (Wildman–Crippen LogP) is 0.743. The molecule has 56 valence electrons. The summed E-state index contributed by atoms with van der Waals surface area (Å²) >= 11 is 0. The van der Waals surface area contributed by atoms with Gasteiger partial charge in [0.2, 0.25) is 0 Å². The normalized spacial score (nSPS) is 10.6. The molecule has 11 heavy (non-hydrogen) atoms. The van der Waals surface area contributed by atoms with E-state index in [1.165, 1.54) is 6.20 Å². The number of aromatic nitrogens is 3. The summed E-state index contributed by atoms with van der Waals surface area (Å²) in [5.74, 6) is 0.901. The lowest BCUT2D eigenvalue weighted by Gasteiger charge is -1.90. The second-order valence-electron chi connectivity index (χ2n) is 2.35. The van der Waals surface area contributed by atoms with Gasteiger partial charge in [-0.05, 0) is 19.1 Å². The molecule has 0 atom stereocenters. The molecule has 0 unspecified atom stereocenters. The van der Waals surface area contributed by atoms with Gasteiger partial charge >= 0.3 is 0 Å². The van der Waals surface area contributed by atoms with Gasteiger partial charge in [0.1, 0.15) is 11.6 Å². The first-order valence-electron chi connectivity index (χ1n) is 3.28. The van der Waals surface area contributed by atoms with Gasteiger partial charge in [-0.1, -0.05) is 0 Å². The van der Waals surface area contributed by atoms with Crippen molar-refractivity contribution >= 4 is 5.65 Å². The zero-order valence-corrected chi connectivity index (χ0v) is 6.02. The summed E-state index contributed by atoms with van der Waals surface area (Å²) in [4.78, 5) is 4.10. The molecule has 2 aromatic rings. The summed E-state index contributed by atoms with van der Waals surface area (Å²) in [7, 11) is 0. The zero-order chi connectivity index (χ0) is 7.84. The van der Waals surface area contributed by atoms with Crippen LogP contribution in [-0.2, 0) is 0 Å². The van der Waals surface area contributed by atoms with Gasteiger partial charge in [0.25, 0.3) is 0 Å². The molecule has 2 rings (SSSR count). The third-order valence-corrected chi connectivity index (χ3v) is 1.42. The van der Waals surface area contributed by atoms with E-state index in [-0.39, 0.29) is 5.75 Å². The molecular formula is C7H7N3O. The number of hydrogen-bond acceptors (Lipinski definition) is 3. The standard InChI is InChI=1S/C7H7N3O/c1-5-8-7-3-2-6(11)4-10(7)9-5/h2-4,11H,1H3. The van der Waals surface area contributed by atoms with Crippen molar-refractivity contribution in [2.75, 3.05) is 0 Å². The Morgan fingerprint density at radius 2 is 2.27 bits per heavy atom. The molecule has 0 aromatic carbocycles. The topological polar surface area (TPSA) is 50.4 Å². The van der Waals surface area contributed by atoms with Crippen LogP contribution in [0.3, 0.4) is 0 Å². The minimum atomic E-state index is 0.197. The number of hydrogen-bond donors (Lipinski definition) is 1. The van der Waals surface area contributed by atoms with E-state index >= 15 is 0 Å². The summed E-state index contributed by atoms with van der Waals surface area (Å²) in [6, 6.07) is 3.30. The number of pyridine rings is 1. The first-order valence-corrected chi connectivity index (χ1v) is 3.28. The van der Waals surface area contributed by atoms with Gasteiger partial charge in [0, 0.05) is 0 Å². The van der Waals surface area contributed by atoms with E-state index in [0.717, 1.165) is 5.65 Å². The summed E-state index contributed by atoms with van der Waals surface area (Å²) in [6.45, 7) is 1.81. The highest BCUT2D eigenvalue weighted by molar-refractivity contribution is 5.39. The quantitative estimate of drug-likeness (QED) is 0.601. The fraction of sp³-hybridized carbons (Fsp3) is 0.143. The molecule has 0 saturated carbocycles. The van der Waals surface area contributed by atoms with E-state index in [0.29, 0.717) is 5.82 Å². The molecule has 0 aliphatic heterocycles. The fourth-order valence-electron chi connectivity index (χ4n) is 0.983. The highest BCUT2D eigenvalue weighted by Crippen LogP contribution is 2.08. The molecule has 0 aliphatic rings. The van der Waals surface area contributed by atoms with Gasteiger partial charge in [0.05, 0.1) is 6.20 Å². The Kier molecular flexibility index (Phi) is 1.09. The van der Waals surface area contributed by atoms with Crippen molar-refractivity contribution in [2.24, 2.45) is 0 Å². The van der Waals surface area contributed by atoms with E-state index in [2.05, 4.69) is 10.1 Å². The van der Waals surface area contributed by atoms with E-state index in [9.17, 15) is 0 Å². The van der Waals surface area contributed by atoms with Crippen LogP contribution in [-0.4, -0.2) is 19.7 Å². The second-order valence-corrected chi connectivity index (χ2v) is 2.35. The van der Waals surface area contributed by atoms with E-state index < -0.39 is 0 Å². The van der Waals surface area contributed by atoms with Crippen LogP contribution in [0.25, 0.3) is 5.65 Å². The third-order valence-electron chi connectivity index (χ3n) is 1.42. The summed E-state index contributed by atoms with van der Waals surface area (Å²) in [6.07, 6.45) is 1.52. The van der Waals surface area contributed by atoms with Crippen molar-refractivity contribution < 1.29 is 5.11 Å². The van der Waals surface area contributed by atoms with Crippen LogP contribution in [0.2, 0.25) is 0 Å². The smallest absolute Gasteiger partial charge is 0.155 e. The molecule has 2 aromatic heterocycles. The molecular weight excluding hydrogens is 142 g/mol. The van der Waals surface area contributed by atoms with Gasteiger partial charge in [-0.15, -0.1) is 0 Å². The Balaban J connectivity index is 2.82. The molecule has 0 saturated heterocycles. The van der Waals surface area contributed by atoms with Crippen LogP contribution in [0, 0.1) is 6.92 Å². The number of nitrogens with zero attached hydrogens (tertiary/aromatic N) is 3. The second kappa shape index (κ2) is 1.95. The maximum Gasteiger partial charge on any atom is 0.155 e. The van der Waals surface area contributed by atoms with Gasteiger partial charge in [-0.25, -0.2) is 9.50 Å². The fourth-order valence-corrected chi connectivity index (χ4v) is 0.983. The lowest BCUT2D eigenvalue weighted by atomic mass is 10.4. The average Bonchev–Trinajstić information content (AvgIpc) is 2.27. The molecule has 0 aliphatic carbocycles. The maximum absolute atomic E-state index is 9.05. The van der Waals surface area contributed by atoms with Crippen LogP contribution in [0.1, 0.15) is 5.82 Å². The Labute approximate surface area is 63.1 Å². The van der Waals surface area contributed by atoms with Gasteiger partial charge in [0.15, 0.2) is 5.65 Å². The van der Waals surface area contributed by atoms with Crippen molar-refractivity contribution in [1.82, 2.24) is 14.6 Å². The lowest BCUT2D eigenvalue weighted by Crippen LogP contribution is -1.84. The molecule has 0 bridgehead atoms. The van der Waals surface area contributed by atoms with Crippen molar-refractivity contribution in [3.63, 3.8) is 0 Å². The average molecular weight is 149 g/mol. The summed E-state index contributed by atoms with van der Waals surface area (Å²) in [5.41, 5.74) is 0.750. The molecule has 1 N–H and O–H groups in total. The monoisotopic (exact) mass is 149 g/mol. The molecule has 0 amide bonds. The summed E-state index contributed by atoms with van der Waals surface area (Å²) < 4.78 is 1.55. The lowest BCUT2D eigenvalue weighted by molar-refractivity contribution is 0.470. The molecule has 2 heterocycles. The largest absolute Gasteiger partial charge is 0.506 e. The van der Waals surface area contributed by atoms with Crippen molar-refractivity contribution in [3.05, 3.63) is 24.2 Å². The van der Waals surface area contributed by atoms with E-state index in [4.69, 9.17) is 5.11 Å². The molecule has 4 nitrogen and oxygen atoms in total. The van der Waals surface area contributed by atoms with E-state index in [1.54, 1.807) is 16.6 Å². The van der Waals surface area contributed by atoms with E-state index in [1.807, 2.05) is 6.92 Å². The zero-order valence-electron chi connectivity index (χ0n) is 6.02. The first-order chi connectivity index (χ1) is 5.25. The molecule has 0 radical (unpaired) electrons. The predicted molar refractivity (Wildman–Crippen MR) is 39.4 cm³/mol. The Morgan fingerprint density at radius 3 is 3.09 bits per heavy atom. The van der Waals surface area contributed by atoms with Crippen molar-refractivity contribution in [2.45, 2.75) is 6.92 Å². The Bertz CT molecular complexity index is 393. The van der Waals surface area contributed by atoms with Gasteiger partial charge < -0.3 is 5.11 Å². The number of aryl methyl sites for hydroxylation is 1. The Morgan fingerprint density at radius 1 is 1.45 bits per heavy atom.